The first kappa shape index (κ1) is 16.0. The molecule has 7 nitrogen and oxygen atoms in total. The Hall–Kier alpha value is -2.54. The fraction of sp³-hybridized carbons (Fsp3) is 0.444. The zero-order valence-electron chi connectivity index (χ0n) is 14.3. The number of aromatic nitrogens is 5. The van der Waals surface area contributed by atoms with Crippen molar-refractivity contribution in [1.82, 2.24) is 29.8 Å². The van der Waals surface area contributed by atoms with E-state index >= 15 is 0 Å². The van der Waals surface area contributed by atoms with E-state index in [9.17, 15) is 0 Å². The van der Waals surface area contributed by atoms with Crippen molar-refractivity contribution in [2.45, 2.75) is 44.8 Å². The molecule has 1 saturated heterocycles. The van der Waals surface area contributed by atoms with E-state index in [0.29, 0.717) is 17.8 Å². The number of rotatable bonds is 5. The van der Waals surface area contributed by atoms with Crippen LogP contribution < -0.4 is 0 Å². The largest absolute Gasteiger partial charge is 0.337 e. The molecule has 0 bridgehead atoms. The summed E-state index contributed by atoms with van der Waals surface area (Å²) in [6.45, 7) is 4.01. The molecular formula is C18H22N6O. The Morgan fingerprint density at radius 3 is 2.92 bits per heavy atom. The summed E-state index contributed by atoms with van der Waals surface area (Å²) in [5.74, 6) is 1.32. The van der Waals surface area contributed by atoms with Gasteiger partial charge in [-0.3, -0.25) is 9.58 Å². The highest BCUT2D eigenvalue weighted by atomic mass is 16.5. The Labute approximate surface area is 146 Å². The zero-order chi connectivity index (χ0) is 17.1. The highest BCUT2D eigenvalue weighted by Gasteiger charge is 2.30. The molecular weight excluding hydrogens is 316 g/mol. The first-order valence-electron chi connectivity index (χ1n) is 8.78. The zero-order valence-corrected chi connectivity index (χ0v) is 14.3. The van der Waals surface area contributed by atoms with Crippen molar-refractivity contribution in [2.75, 3.05) is 6.54 Å². The summed E-state index contributed by atoms with van der Waals surface area (Å²) in [5, 5.41) is 8.41. The van der Waals surface area contributed by atoms with Crippen LogP contribution in [0.5, 0.6) is 0 Å². The molecule has 2 aromatic heterocycles. The van der Waals surface area contributed by atoms with Crippen LogP contribution in [0.2, 0.25) is 0 Å². The minimum Gasteiger partial charge on any atom is -0.337 e. The van der Waals surface area contributed by atoms with Crippen molar-refractivity contribution >= 4 is 0 Å². The summed E-state index contributed by atoms with van der Waals surface area (Å²) in [6.07, 6.45) is 6.93. The number of hydrogen-bond donors (Lipinski definition) is 0. The van der Waals surface area contributed by atoms with E-state index in [1.807, 2.05) is 35.0 Å². The van der Waals surface area contributed by atoms with Crippen LogP contribution in [0.15, 0.2) is 47.5 Å². The van der Waals surface area contributed by atoms with Gasteiger partial charge < -0.3 is 4.52 Å². The normalized spacial score (nSPS) is 19.8. The number of piperidine rings is 1. The maximum Gasteiger partial charge on any atom is 0.244 e. The van der Waals surface area contributed by atoms with E-state index in [0.717, 1.165) is 25.1 Å². The van der Waals surface area contributed by atoms with Gasteiger partial charge in [0.05, 0.1) is 12.6 Å². The second kappa shape index (κ2) is 7.14. The molecule has 25 heavy (non-hydrogen) atoms. The van der Waals surface area contributed by atoms with Crippen LogP contribution in [0.1, 0.15) is 38.1 Å². The van der Waals surface area contributed by atoms with E-state index in [4.69, 9.17) is 4.52 Å². The molecule has 0 N–H and O–H groups in total. The minimum absolute atomic E-state index is 0.0822. The van der Waals surface area contributed by atoms with Gasteiger partial charge in [0.1, 0.15) is 12.7 Å². The van der Waals surface area contributed by atoms with Gasteiger partial charge in [-0.05, 0) is 26.3 Å². The topological polar surface area (TPSA) is 72.9 Å². The average molecular weight is 338 g/mol. The molecule has 0 saturated carbocycles. The van der Waals surface area contributed by atoms with Gasteiger partial charge in [-0.1, -0.05) is 41.9 Å². The van der Waals surface area contributed by atoms with Gasteiger partial charge in [-0.2, -0.15) is 10.1 Å². The van der Waals surface area contributed by atoms with Crippen molar-refractivity contribution in [3.63, 3.8) is 0 Å². The summed E-state index contributed by atoms with van der Waals surface area (Å²) in [6, 6.07) is 10.4. The lowest BCUT2D eigenvalue weighted by Gasteiger charge is -2.38. The number of hydrogen-bond acceptors (Lipinski definition) is 6. The average Bonchev–Trinajstić information content (AvgIpc) is 3.34. The molecule has 1 aliphatic heterocycles. The third kappa shape index (κ3) is 3.46. The van der Waals surface area contributed by atoms with Gasteiger partial charge in [0.2, 0.25) is 11.7 Å². The van der Waals surface area contributed by atoms with Crippen molar-refractivity contribution in [3.05, 3.63) is 48.9 Å². The van der Waals surface area contributed by atoms with Gasteiger partial charge in [0, 0.05) is 11.6 Å². The van der Waals surface area contributed by atoms with E-state index in [1.54, 1.807) is 12.7 Å². The third-order valence-electron chi connectivity index (χ3n) is 4.87. The molecule has 3 heterocycles. The maximum absolute atomic E-state index is 5.58. The van der Waals surface area contributed by atoms with Gasteiger partial charge in [-0.25, -0.2) is 4.98 Å². The summed E-state index contributed by atoms with van der Waals surface area (Å²) in [5.41, 5.74) is 0.975. The van der Waals surface area contributed by atoms with E-state index in [1.165, 1.54) is 12.8 Å². The molecule has 1 fully saturated rings. The van der Waals surface area contributed by atoms with Crippen LogP contribution in [0.25, 0.3) is 11.4 Å². The highest BCUT2D eigenvalue weighted by Crippen LogP contribution is 2.29. The maximum atomic E-state index is 5.58. The lowest BCUT2D eigenvalue weighted by molar-refractivity contribution is 0.0719. The molecule has 7 heteroatoms. The van der Waals surface area contributed by atoms with Gasteiger partial charge in [0.15, 0.2) is 0 Å². The van der Waals surface area contributed by atoms with Gasteiger partial charge in [-0.15, -0.1) is 0 Å². The Kier molecular flexibility index (Phi) is 4.56. The number of nitrogens with zero attached hydrogens (tertiary/aromatic N) is 6. The first-order valence-corrected chi connectivity index (χ1v) is 8.78. The Morgan fingerprint density at radius 1 is 1.24 bits per heavy atom. The standard InChI is InChI=1S/C18H22N6O/c1-14(18-21-17(22-25-18)15-7-3-2-4-8-15)24-10-6-5-9-16(24)11-23-13-19-12-20-23/h2-4,7-8,12-14,16H,5-6,9-11H2,1H3. The molecule has 0 radical (unpaired) electrons. The summed E-state index contributed by atoms with van der Waals surface area (Å²) >= 11 is 0. The molecule has 0 amide bonds. The predicted octanol–water partition coefficient (Wildman–Crippen LogP) is 2.94. The SMILES string of the molecule is CC(c1nc(-c2ccccc2)no1)N1CCCCC1Cn1cncn1. The molecule has 3 aromatic rings. The van der Waals surface area contributed by atoms with Gasteiger partial charge >= 0.3 is 0 Å². The second-order valence-electron chi connectivity index (χ2n) is 6.50. The lowest BCUT2D eigenvalue weighted by atomic mass is 10.00. The predicted molar refractivity (Wildman–Crippen MR) is 92.5 cm³/mol. The number of likely N-dealkylation sites (tertiary alicyclic amines) is 1. The van der Waals surface area contributed by atoms with Crippen LogP contribution in [-0.2, 0) is 6.54 Å². The van der Waals surface area contributed by atoms with Crippen LogP contribution in [0, 0.1) is 0 Å². The van der Waals surface area contributed by atoms with E-state index < -0.39 is 0 Å². The van der Waals surface area contributed by atoms with Crippen LogP contribution in [0.3, 0.4) is 0 Å². The summed E-state index contributed by atoms with van der Waals surface area (Å²) in [4.78, 5) is 11.1. The lowest BCUT2D eigenvalue weighted by Crippen LogP contribution is -2.43. The smallest absolute Gasteiger partial charge is 0.244 e. The number of benzene rings is 1. The first-order chi connectivity index (χ1) is 12.3. The molecule has 0 aliphatic carbocycles. The highest BCUT2D eigenvalue weighted by molar-refractivity contribution is 5.53. The van der Waals surface area contributed by atoms with Crippen molar-refractivity contribution in [3.8, 4) is 11.4 Å². The van der Waals surface area contributed by atoms with Crippen molar-refractivity contribution < 1.29 is 4.52 Å². The molecule has 2 unspecified atom stereocenters. The molecule has 130 valence electrons. The molecule has 1 aliphatic rings. The minimum atomic E-state index is 0.0822. The summed E-state index contributed by atoms with van der Waals surface area (Å²) in [7, 11) is 0. The fourth-order valence-corrected chi connectivity index (χ4v) is 3.52. The van der Waals surface area contributed by atoms with E-state index in [-0.39, 0.29) is 6.04 Å². The quantitative estimate of drug-likeness (QED) is 0.712. The Bertz CT molecular complexity index is 785. The molecule has 1 aromatic carbocycles. The van der Waals surface area contributed by atoms with Crippen LogP contribution in [0.4, 0.5) is 0 Å². The van der Waals surface area contributed by atoms with Crippen molar-refractivity contribution in [2.24, 2.45) is 0 Å². The molecule has 2 atom stereocenters. The Balaban J connectivity index is 1.52. The molecule has 0 spiro atoms. The van der Waals surface area contributed by atoms with E-state index in [2.05, 4.69) is 32.0 Å². The molecule has 4 rings (SSSR count). The fourth-order valence-electron chi connectivity index (χ4n) is 3.52. The third-order valence-corrected chi connectivity index (χ3v) is 4.87. The van der Waals surface area contributed by atoms with Crippen LogP contribution in [-0.4, -0.2) is 42.4 Å². The summed E-state index contributed by atoms with van der Waals surface area (Å²) < 4.78 is 7.48. The monoisotopic (exact) mass is 338 g/mol. The second-order valence-corrected chi connectivity index (χ2v) is 6.50. The van der Waals surface area contributed by atoms with Crippen molar-refractivity contribution in [1.29, 1.82) is 0 Å². The van der Waals surface area contributed by atoms with Gasteiger partial charge in [0.25, 0.3) is 0 Å². The Morgan fingerprint density at radius 2 is 2.12 bits per heavy atom. The van der Waals surface area contributed by atoms with Crippen LogP contribution >= 0.6 is 0 Å².